The zero-order valence-electron chi connectivity index (χ0n) is 8.77. The number of carbonyl (C=O) groups excluding carboxylic acids is 1. The number of likely N-dealkylation sites (N-methyl/N-ethyl adjacent to an activating group) is 1. The van der Waals surface area contributed by atoms with Crippen LogP contribution in [0.2, 0.25) is 0 Å². The molecule has 0 spiro atoms. The highest BCUT2D eigenvalue weighted by atomic mass is 16.5. The van der Waals surface area contributed by atoms with Crippen LogP contribution in [-0.2, 0) is 16.1 Å². The molecule has 0 aliphatic carbocycles. The number of imidazole rings is 1. The second kappa shape index (κ2) is 4.44. The molecule has 0 unspecified atom stereocenters. The van der Waals surface area contributed by atoms with Gasteiger partial charge in [0.25, 0.3) is 5.91 Å². The monoisotopic (exact) mass is 209 g/mol. The van der Waals surface area contributed by atoms with Crippen molar-refractivity contribution in [3.8, 4) is 0 Å². The van der Waals surface area contributed by atoms with Crippen LogP contribution in [0.1, 0.15) is 18.7 Å². The van der Waals surface area contributed by atoms with E-state index in [1.165, 1.54) is 0 Å². The highest BCUT2D eigenvalue weighted by Gasteiger charge is 2.26. The summed E-state index contributed by atoms with van der Waals surface area (Å²) in [7, 11) is 1.77. The van der Waals surface area contributed by atoms with Crippen LogP contribution in [-0.4, -0.2) is 40.5 Å². The topological polar surface area (TPSA) is 58.2 Å². The molecule has 1 aromatic heterocycles. The molecule has 1 aromatic rings. The number of ether oxygens (including phenoxy) is 1. The number of hydrogen-bond donors (Lipinski definition) is 1. The van der Waals surface area contributed by atoms with Crippen molar-refractivity contribution < 1.29 is 9.53 Å². The third-order valence-corrected chi connectivity index (χ3v) is 2.52. The Hall–Kier alpha value is -1.36. The standard InChI is InChI=1S/C10H15N3O2/c1-13(7-9-11-4-5-12-9)10(14)8-3-2-6-15-8/h4-5,8H,2-3,6-7H2,1H3,(H,11,12)/t8-/m1/s1. The summed E-state index contributed by atoms with van der Waals surface area (Å²) in [5, 5.41) is 0. The maximum atomic E-state index is 11.8. The van der Waals surface area contributed by atoms with Crippen LogP contribution in [0.25, 0.3) is 0 Å². The Kier molecular flexibility index (Phi) is 3.01. The number of nitrogens with one attached hydrogen (secondary N) is 1. The van der Waals surface area contributed by atoms with Gasteiger partial charge in [-0.25, -0.2) is 4.98 Å². The van der Waals surface area contributed by atoms with Gasteiger partial charge < -0.3 is 14.6 Å². The van der Waals surface area contributed by atoms with E-state index in [-0.39, 0.29) is 12.0 Å². The minimum absolute atomic E-state index is 0.0453. The number of rotatable bonds is 3. The van der Waals surface area contributed by atoms with Crippen molar-refractivity contribution in [1.82, 2.24) is 14.9 Å². The van der Waals surface area contributed by atoms with Crippen LogP contribution in [0.4, 0.5) is 0 Å². The van der Waals surface area contributed by atoms with Crippen LogP contribution in [0.15, 0.2) is 12.4 Å². The molecule has 5 nitrogen and oxygen atoms in total. The van der Waals surface area contributed by atoms with Crippen molar-refractivity contribution in [3.63, 3.8) is 0 Å². The van der Waals surface area contributed by atoms with E-state index in [2.05, 4.69) is 9.97 Å². The molecule has 1 fully saturated rings. The Bertz CT molecular complexity index is 317. The second-order valence-electron chi connectivity index (χ2n) is 3.73. The molecule has 1 atom stereocenters. The van der Waals surface area contributed by atoms with Gasteiger partial charge in [0.1, 0.15) is 11.9 Å². The number of H-pyrrole nitrogens is 1. The number of hydrogen-bond acceptors (Lipinski definition) is 3. The lowest BCUT2D eigenvalue weighted by atomic mass is 10.2. The van der Waals surface area contributed by atoms with Gasteiger partial charge in [-0.05, 0) is 12.8 Å². The van der Waals surface area contributed by atoms with Gasteiger partial charge in [-0.3, -0.25) is 4.79 Å². The molecule has 15 heavy (non-hydrogen) atoms. The van der Waals surface area contributed by atoms with E-state index in [1.54, 1.807) is 24.3 Å². The Labute approximate surface area is 88.4 Å². The summed E-state index contributed by atoms with van der Waals surface area (Å²) in [6.45, 7) is 1.21. The van der Waals surface area contributed by atoms with Gasteiger partial charge >= 0.3 is 0 Å². The highest BCUT2D eigenvalue weighted by molar-refractivity contribution is 5.80. The summed E-state index contributed by atoms with van der Waals surface area (Å²) in [6.07, 6.45) is 5.00. The summed E-state index contributed by atoms with van der Waals surface area (Å²) in [5.74, 6) is 0.841. The molecule has 2 rings (SSSR count). The van der Waals surface area contributed by atoms with E-state index in [0.29, 0.717) is 13.2 Å². The van der Waals surface area contributed by atoms with Gasteiger partial charge in [0.15, 0.2) is 0 Å². The molecule has 2 heterocycles. The first-order chi connectivity index (χ1) is 7.27. The lowest BCUT2D eigenvalue weighted by molar-refractivity contribution is -0.140. The molecule has 82 valence electrons. The van der Waals surface area contributed by atoms with Crippen molar-refractivity contribution in [1.29, 1.82) is 0 Å². The van der Waals surface area contributed by atoms with Gasteiger partial charge in [0.05, 0.1) is 6.54 Å². The van der Waals surface area contributed by atoms with E-state index in [1.807, 2.05) is 0 Å². The molecule has 1 aliphatic heterocycles. The Morgan fingerprint density at radius 3 is 3.27 bits per heavy atom. The average molecular weight is 209 g/mol. The smallest absolute Gasteiger partial charge is 0.251 e. The van der Waals surface area contributed by atoms with Gasteiger partial charge in [0, 0.05) is 26.0 Å². The van der Waals surface area contributed by atoms with Gasteiger partial charge in [-0.2, -0.15) is 0 Å². The fourth-order valence-electron chi connectivity index (χ4n) is 1.71. The van der Waals surface area contributed by atoms with Crippen molar-refractivity contribution in [2.75, 3.05) is 13.7 Å². The Balaban J connectivity index is 1.89. The van der Waals surface area contributed by atoms with Crippen LogP contribution in [0, 0.1) is 0 Å². The van der Waals surface area contributed by atoms with Crippen molar-refractivity contribution in [3.05, 3.63) is 18.2 Å². The van der Waals surface area contributed by atoms with E-state index in [0.717, 1.165) is 18.7 Å². The zero-order chi connectivity index (χ0) is 10.7. The molecule has 1 amide bonds. The fraction of sp³-hybridized carbons (Fsp3) is 0.600. The number of aromatic nitrogens is 2. The first-order valence-corrected chi connectivity index (χ1v) is 5.12. The van der Waals surface area contributed by atoms with Crippen LogP contribution in [0.3, 0.4) is 0 Å². The van der Waals surface area contributed by atoms with Gasteiger partial charge in [-0.15, -0.1) is 0 Å². The summed E-state index contributed by atoms with van der Waals surface area (Å²) in [5.41, 5.74) is 0. The highest BCUT2D eigenvalue weighted by Crippen LogP contribution is 2.14. The lowest BCUT2D eigenvalue weighted by Crippen LogP contribution is -2.35. The predicted molar refractivity (Wildman–Crippen MR) is 54.0 cm³/mol. The Morgan fingerprint density at radius 1 is 1.80 bits per heavy atom. The average Bonchev–Trinajstić information content (AvgIpc) is 2.88. The summed E-state index contributed by atoms with van der Waals surface area (Å²) in [6, 6.07) is 0. The first-order valence-electron chi connectivity index (χ1n) is 5.12. The third kappa shape index (κ3) is 2.36. The summed E-state index contributed by atoms with van der Waals surface area (Å²) < 4.78 is 5.33. The van der Waals surface area contributed by atoms with E-state index in [4.69, 9.17) is 4.74 Å². The summed E-state index contributed by atoms with van der Waals surface area (Å²) >= 11 is 0. The van der Waals surface area contributed by atoms with Gasteiger partial charge in [0.2, 0.25) is 0 Å². The first kappa shape index (κ1) is 10.2. The minimum atomic E-state index is -0.245. The normalized spacial score (nSPS) is 20.5. The van der Waals surface area contributed by atoms with E-state index >= 15 is 0 Å². The van der Waals surface area contributed by atoms with Crippen molar-refractivity contribution in [2.45, 2.75) is 25.5 Å². The van der Waals surface area contributed by atoms with Gasteiger partial charge in [-0.1, -0.05) is 0 Å². The van der Waals surface area contributed by atoms with E-state index in [9.17, 15) is 4.79 Å². The molecular formula is C10H15N3O2. The summed E-state index contributed by atoms with van der Waals surface area (Å²) in [4.78, 5) is 20.5. The molecule has 0 aromatic carbocycles. The zero-order valence-corrected chi connectivity index (χ0v) is 8.77. The van der Waals surface area contributed by atoms with Crippen LogP contribution < -0.4 is 0 Å². The Morgan fingerprint density at radius 2 is 2.67 bits per heavy atom. The molecule has 5 heteroatoms. The number of amides is 1. The minimum Gasteiger partial charge on any atom is -0.368 e. The number of carbonyl (C=O) groups is 1. The number of nitrogens with zero attached hydrogens (tertiary/aromatic N) is 2. The second-order valence-corrected chi connectivity index (χ2v) is 3.73. The SMILES string of the molecule is CN(Cc1ncc[nH]1)C(=O)[C@H]1CCCO1. The molecular weight excluding hydrogens is 194 g/mol. The molecule has 1 saturated heterocycles. The van der Waals surface area contributed by atoms with Crippen LogP contribution in [0.5, 0.6) is 0 Å². The number of aromatic amines is 1. The van der Waals surface area contributed by atoms with E-state index < -0.39 is 0 Å². The largest absolute Gasteiger partial charge is 0.368 e. The maximum Gasteiger partial charge on any atom is 0.251 e. The fourth-order valence-corrected chi connectivity index (χ4v) is 1.71. The molecule has 1 N–H and O–H groups in total. The molecule has 0 saturated carbocycles. The molecule has 0 radical (unpaired) electrons. The van der Waals surface area contributed by atoms with Crippen molar-refractivity contribution >= 4 is 5.91 Å². The van der Waals surface area contributed by atoms with Crippen molar-refractivity contribution in [2.24, 2.45) is 0 Å². The molecule has 0 bridgehead atoms. The molecule has 1 aliphatic rings. The predicted octanol–water partition coefficient (Wildman–Crippen LogP) is 0.547. The van der Waals surface area contributed by atoms with Crippen LogP contribution >= 0.6 is 0 Å². The third-order valence-electron chi connectivity index (χ3n) is 2.52. The quantitative estimate of drug-likeness (QED) is 0.790. The maximum absolute atomic E-state index is 11.8. The lowest BCUT2D eigenvalue weighted by Gasteiger charge is -2.19.